The number of pyridine rings is 1. The Morgan fingerprint density at radius 3 is 1.96 bits per heavy atom. The molecule has 0 unspecified atom stereocenters. The van der Waals surface area contributed by atoms with Gasteiger partial charge in [-0.25, -0.2) is 0 Å². The van der Waals surface area contributed by atoms with Gasteiger partial charge in [0.05, 0.1) is 10.9 Å². The van der Waals surface area contributed by atoms with Gasteiger partial charge in [-0.2, -0.15) is 4.57 Å². The number of hydrogen-bond acceptors (Lipinski definition) is 0. The van der Waals surface area contributed by atoms with Crippen molar-refractivity contribution in [3.63, 3.8) is 0 Å². The zero-order chi connectivity index (χ0) is 19.1. The number of rotatable bonds is 2. The second kappa shape index (κ2) is 6.66. The first kappa shape index (κ1) is 17.5. The minimum absolute atomic E-state index is 1.26. The van der Waals surface area contributed by atoms with Gasteiger partial charge in [-0.3, -0.25) is 0 Å². The van der Waals surface area contributed by atoms with Crippen molar-refractivity contribution in [2.45, 2.75) is 27.7 Å². The Balaban J connectivity index is 2.10. The Hall–Kier alpha value is -2.93. The largest absolute Gasteiger partial charge is 0.220 e. The summed E-state index contributed by atoms with van der Waals surface area (Å²) in [6.45, 7) is 8.90. The van der Waals surface area contributed by atoms with Gasteiger partial charge in [0.25, 0.3) is 0 Å². The molecule has 0 N–H and O–H groups in total. The molecule has 0 radical (unpaired) electrons. The van der Waals surface area contributed by atoms with E-state index in [4.69, 9.17) is 0 Å². The van der Waals surface area contributed by atoms with E-state index in [1.54, 1.807) is 0 Å². The third kappa shape index (κ3) is 2.84. The Kier molecular flexibility index (Phi) is 4.31. The molecule has 0 saturated heterocycles. The molecular formula is C26H26N+. The van der Waals surface area contributed by atoms with Gasteiger partial charge in [-0.1, -0.05) is 54.6 Å². The molecule has 1 aromatic heterocycles. The third-order valence-corrected chi connectivity index (χ3v) is 6.00. The normalized spacial score (nSPS) is 11.1. The molecule has 1 heterocycles. The van der Waals surface area contributed by atoms with Crippen LogP contribution in [-0.2, 0) is 7.05 Å². The summed E-state index contributed by atoms with van der Waals surface area (Å²) in [6.07, 6.45) is 0. The standard InChI is InChI=1S/C26H26N/c1-17-15-22(21-11-7-6-8-12-21)16-25(18(17)2)26-24-14-10-9-13-23(24)19(3)20(4)27(26)5/h6-16H,1-5H3/q+1. The number of benzene rings is 3. The van der Waals surface area contributed by atoms with E-state index in [1.165, 1.54) is 55.5 Å². The highest BCUT2D eigenvalue weighted by molar-refractivity contribution is 5.96. The zero-order valence-corrected chi connectivity index (χ0v) is 16.8. The molecule has 0 fully saturated rings. The predicted octanol–water partition coefficient (Wildman–Crippen LogP) is 6.23. The fraction of sp³-hybridized carbons (Fsp3) is 0.192. The maximum atomic E-state index is 2.36. The average molecular weight is 353 g/mol. The van der Waals surface area contributed by atoms with Gasteiger partial charge >= 0.3 is 0 Å². The van der Waals surface area contributed by atoms with E-state index in [0.29, 0.717) is 0 Å². The molecule has 3 aromatic carbocycles. The van der Waals surface area contributed by atoms with Crippen LogP contribution in [0.5, 0.6) is 0 Å². The summed E-state index contributed by atoms with van der Waals surface area (Å²) in [5.41, 5.74) is 10.5. The van der Waals surface area contributed by atoms with E-state index in [1.807, 2.05) is 0 Å². The lowest BCUT2D eigenvalue weighted by atomic mass is 9.91. The van der Waals surface area contributed by atoms with Crippen LogP contribution in [0.15, 0.2) is 66.7 Å². The summed E-state index contributed by atoms with van der Waals surface area (Å²) in [4.78, 5) is 0. The van der Waals surface area contributed by atoms with Crippen LogP contribution in [0.25, 0.3) is 33.2 Å². The van der Waals surface area contributed by atoms with Gasteiger partial charge < -0.3 is 0 Å². The number of fused-ring (bicyclic) bond motifs is 1. The molecule has 0 saturated carbocycles. The molecule has 0 aliphatic rings. The minimum atomic E-state index is 1.26. The van der Waals surface area contributed by atoms with E-state index in [0.717, 1.165) is 0 Å². The van der Waals surface area contributed by atoms with Crippen molar-refractivity contribution in [1.82, 2.24) is 0 Å². The van der Waals surface area contributed by atoms with Crippen molar-refractivity contribution in [3.05, 3.63) is 89.1 Å². The molecule has 0 spiro atoms. The van der Waals surface area contributed by atoms with Crippen LogP contribution in [0.3, 0.4) is 0 Å². The van der Waals surface area contributed by atoms with E-state index < -0.39 is 0 Å². The lowest BCUT2D eigenvalue weighted by molar-refractivity contribution is -0.665. The van der Waals surface area contributed by atoms with Crippen LogP contribution in [0.4, 0.5) is 0 Å². The first-order valence-corrected chi connectivity index (χ1v) is 9.54. The van der Waals surface area contributed by atoms with Crippen molar-refractivity contribution in [3.8, 4) is 22.4 Å². The van der Waals surface area contributed by atoms with E-state index in [-0.39, 0.29) is 0 Å². The molecule has 0 amide bonds. The molecule has 0 atom stereocenters. The fourth-order valence-corrected chi connectivity index (χ4v) is 4.04. The summed E-state index contributed by atoms with van der Waals surface area (Å²) in [7, 11) is 2.19. The fourth-order valence-electron chi connectivity index (χ4n) is 4.04. The summed E-state index contributed by atoms with van der Waals surface area (Å²) in [5, 5.41) is 2.65. The number of nitrogens with zero attached hydrogens (tertiary/aromatic N) is 1. The van der Waals surface area contributed by atoms with Gasteiger partial charge in [0, 0.05) is 12.5 Å². The number of hydrogen-bond donors (Lipinski definition) is 0. The van der Waals surface area contributed by atoms with Crippen LogP contribution in [-0.4, -0.2) is 0 Å². The molecule has 1 heteroatoms. The maximum absolute atomic E-state index is 2.36. The molecule has 4 rings (SSSR count). The van der Waals surface area contributed by atoms with Crippen molar-refractivity contribution >= 4 is 10.8 Å². The summed E-state index contributed by atoms with van der Waals surface area (Å²) in [5.74, 6) is 0. The lowest BCUT2D eigenvalue weighted by Gasteiger charge is -2.15. The minimum Gasteiger partial charge on any atom is -0.198 e. The second-order valence-electron chi connectivity index (χ2n) is 7.50. The Bertz CT molecular complexity index is 1150. The highest BCUT2D eigenvalue weighted by Gasteiger charge is 2.23. The predicted molar refractivity (Wildman–Crippen MR) is 115 cm³/mol. The summed E-state index contributed by atoms with van der Waals surface area (Å²) in [6, 6.07) is 24.1. The summed E-state index contributed by atoms with van der Waals surface area (Å²) < 4.78 is 2.36. The second-order valence-corrected chi connectivity index (χ2v) is 7.50. The number of aryl methyl sites for hydroxylation is 2. The first-order valence-electron chi connectivity index (χ1n) is 9.54. The van der Waals surface area contributed by atoms with Crippen LogP contribution in [0.1, 0.15) is 22.4 Å². The van der Waals surface area contributed by atoms with Crippen LogP contribution in [0.2, 0.25) is 0 Å². The molecule has 0 bridgehead atoms. The van der Waals surface area contributed by atoms with Gasteiger partial charge in [-0.15, -0.1) is 0 Å². The van der Waals surface area contributed by atoms with Crippen molar-refractivity contribution < 1.29 is 4.57 Å². The highest BCUT2D eigenvalue weighted by atomic mass is 14.9. The maximum Gasteiger partial charge on any atom is 0.220 e. The van der Waals surface area contributed by atoms with Gasteiger partial charge in [0.2, 0.25) is 5.69 Å². The molecule has 134 valence electrons. The molecule has 27 heavy (non-hydrogen) atoms. The smallest absolute Gasteiger partial charge is 0.198 e. The molecular weight excluding hydrogens is 326 g/mol. The molecule has 0 aliphatic heterocycles. The Morgan fingerprint density at radius 2 is 1.26 bits per heavy atom. The average Bonchev–Trinajstić information content (AvgIpc) is 2.70. The Labute approximate surface area is 161 Å². The van der Waals surface area contributed by atoms with Crippen LogP contribution < -0.4 is 4.57 Å². The van der Waals surface area contributed by atoms with E-state index in [9.17, 15) is 0 Å². The highest BCUT2D eigenvalue weighted by Crippen LogP contribution is 2.35. The van der Waals surface area contributed by atoms with Crippen molar-refractivity contribution in [1.29, 1.82) is 0 Å². The monoisotopic (exact) mass is 352 g/mol. The quantitative estimate of drug-likeness (QED) is 0.376. The molecule has 1 nitrogen and oxygen atoms in total. The third-order valence-electron chi connectivity index (χ3n) is 6.00. The van der Waals surface area contributed by atoms with Gasteiger partial charge in [0.15, 0.2) is 5.69 Å². The zero-order valence-electron chi connectivity index (χ0n) is 16.8. The van der Waals surface area contributed by atoms with Gasteiger partial charge in [-0.05, 0) is 60.5 Å². The SMILES string of the molecule is Cc1cc(-c2ccccc2)cc(-c2c3ccccc3c(C)c(C)[n+]2C)c1C. The topological polar surface area (TPSA) is 3.88 Å². The van der Waals surface area contributed by atoms with E-state index in [2.05, 4.69) is 106 Å². The van der Waals surface area contributed by atoms with Gasteiger partial charge in [0.1, 0.15) is 7.05 Å². The first-order chi connectivity index (χ1) is 13.0. The molecule has 0 aliphatic carbocycles. The van der Waals surface area contributed by atoms with Crippen molar-refractivity contribution in [2.75, 3.05) is 0 Å². The van der Waals surface area contributed by atoms with Crippen molar-refractivity contribution in [2.24, 2.45) is 7.05 Å². The molecule has 4 aromatic rings. The van der Waals surface area contributed by atoms with Crippen LogP contribution in [0, 0.1) is 27.7 Å². The van der Waals surface area contributed by atoms with E-state index >= 15 is 0 Å². The van der Waals surface area contributed by atoms with Crippen LogP contribution >= 0.6 is 0 Å². The number of aromatic nitrogens is 1. The lowest BCUT2D eigenvalue weighted by Crippen LogP contribution is -2.36. The summed E-state index contributed by atoms with van der Waals surface area (Å²) >= 11 is 0. The Morgan fingerprint density at radius 1 is 0.630 bits per heavy atom.